The molecule has 0 aromatic carbocycles. The number of aldehydes is 1. The van der Waals surface area contributed by atoms with Crippen LogP contribution in [0.2, 0.25) is 0 Å². The van der Waals surface area contributed by atoms with Gasteiger partial charge in [0.1, 0.15) is 12.4 Å². The summed E-state index contributed by atoms with van der Waals surface area (Å²) in [5.74, 6) is 8.25. The minimum atomic E-state index is -0.582. The molecule has 5 nitrogen and oxygen atoms in total. The molecule has 4 bridgehead atoms. The predicted octanol–water partition coefficient (Wildman–Crippen LogP) is 6.27. The lowest BCUT2D eigenvalue weighted by Crippen LogP contribution is -2.32. The van der Waals surface area contributed by atoms with E-state index in [1.54, 1.807) is 13.3 Å². The van der Waals surface area contributed by atoms with Gasteiger partial charge >= 0.3 is 5.97 Å². The highest BCUT2D eigenvalue weighted by molar-refractivity contribution is 5.71. The van der Waals surface area contributed by atoms with Crippen LogP contribution in [0.3, 0.4) is 0 Å². The maximum Gasteiger partial charge on any atom is 0.308 e. The molecule has 0 aromatic heterocycles. The molecule has 0 radical (unpaired) electrons. The van der Waals surface area contributed by atoms with Crippen LogP contribution in [-0.4, -0.2) is 36.4 Å². The van der Waals surface area contributed by atoms with E-state index >= 15 is 0 Å². The Morgan fingerprint density at radius 1 is 0.971 bits per heavy atom. The van der Waals surface area contributed by atoms with Crippen LogP contribution in [0.15, 0.2) is 0 Å². The van der Waals surface area contributed by atoms with Gasteiger partial charge in [-0.25, -0.2) is 0 Å². The van der Waals surface area contributed by atoms with E-state index in [4.69, 9.17) is 14.3 Å². The number of hydrogen-bond donors (Lipinski definition) is 1. The lowest BCUT2D eigenvalue weighted by Gasteiger charge is -2.40. The Labute approximate surface area is 214 Å². The smallest absolute Gasteiger partial charge is 0.308 e. The van der Waals surface area contributed by atoms with Gasteiger partial charge in [-0.2, -0.15) is 0 Å². The maximum atomic E-state index is 11.4. The first kappa shape index (κ1) is 28.6. The Kier molecular flexibility index (Phi) is 10.7. The van der Waals surface area contributed by atoms with E-state index in [2.05, 4.69) is 13.8 Å². The van der Waals surface area contributed by atoms with Crippen molar-refractivity contribution in [3.63, 3.8) is 0 Å². The molecule has 5 aliphatic carbocycles. The summed E-state index contributed by atoms with van der Waals surface area (Å²) in [7, 11) is 0. The Bertz CT molecular complexity index is 676. The number of esters is 1. The molecule has 35 heavy (non-hydrogen) atoms. The third kappa shape index (κ3) is 7.09. The highest BCUT2D eigenvalue weighted by Crippen LogP contribution is 2.64. The summed E-state index contributed by atoms with van der Waals surface area (Å²) in [6.07, 6.45) is 12.8. The monoisotopic (exact) mass is 492 g/mol. The van der Waals surface area contributed by atoms with Gasteiger partial charge in [-0.3, -0.25) is 4.79 Å². The van der Waals surface area contributed by atoms with Crippen LogP contribution in [0, 0.1) is 59.2 Å². The highest BCUT2D eigenvalue weighted by Gasteiger charge is 2.56. The topological polar surface area (TPSA) is 72.8 Å². The number of ether oxygens (including phenoxy) is 2. The van der Waals surface area contributed by atoms with Gasteiger partial charge in [0.25, 0.3) is 0 Å². The van der Waals surface area contributed by atoms with Crippen LogP contribution in [0.5, 0.6) is 0 Å². The SMILES string of the molecule is CC(O)OCC1CC2CC1CC1C3CCC(C3)C21.CC=O.CCC1CC(C)C(OC(=O)C(C)C)C1. The average Bonchev–Trinajstić information content (AvgIpc) is 3.58. The van der Waals surface area contributed by atoms with E-state index in [0.717, 1.165) is 66.7 Å². The number of aliphatic hydroxyl groups excluding tert-OH is 1. The summed E-state index contributed by atoms with van der Waals surface area (Å²) < 4.78 is 11.0. The maximum absolute atomic E-state index is 11.4. The van der Waals surface area contributed by atoms with E-state index in [1.807, 2.05) is 13.8 Å². The molecular weight excluding hydrogens is 440 g/mol. The number of aliphatic hydroxyl groups is 1. The van der Waals surface area contributed by atoms with Crippen LogP contribution < -0.4 is 0 Å². The molecule has 0 amide bonds. The molecule has 5 heteroatoms. The number of carbonyl (C=O) groups excluding carboxylic acids is 2. The van der Waals surface area contributed by atoms with Crippen molar-refractivity contribution in [3.8, 4) is 0 Å². The minimum absolute atomic E-state index is 0.00266. The summed E-state index contributed by atoms with van der Waals surface area (Å²) >= 11 is 0. The van der Waals surface area contributed by atoms with Crippen molar-refractivity contribution in [2.24, 2.45) is 59.2 Å². The molecule has 202 valence electrons. The normalized spacial score (nSPS) is 41.4. The fraction of sp³-hybridized carbons (Fsp3) is 0.933. The Morgan fingerprint density at radius 3 is 2.23 bits per heavy atom. The molecule has 0 heterocycles. The van der Waals surface area contributed by atoms with Crippen LogP contribution in [-0.2, 0) is 19.1 Å². The number of fused-ring (bicyclic) bond motifs is 8. The molecule has 0 spiro atoms. The van der Waals surface area contributed by atoms with E-state index in [9.17, 15) is 9.90 Å². The number of carbonyl (C=O) groups is 2. The zero-order chi connectivity index (χ0) is 25.7. The van der Waals surface area contributed by atoms with E-state index < -0.39 is 6.29 Å². The van der Waals surface area contributed by atoms with Crippen molar-refractivity contribution >= 4 is 12.3 Å². The minimum Gasteiger partial charge on any atom is -0.462 e. The lowest BCUT2D eigenvalue weighted by molar-refractivity contribution is -0.154. The van der Waals surface area contributed by atoms with Crippen LogP contribution >= 0.6 is 0 Å². The van der Waals surface area contributed by atoms with Gasteiger partial charge in [0.2, 0.25) is 0 Å². The molecule has 5 aliphatic rings. The molecular formula is C30H52O5. The van der Waals surface area contributed by atoms with Crippen molar-refractivity contribution < 1.29 is 24.2 Å². The molecule has 0 aromatic rings. The second kappa shape index (κ2) is 13.0. The average molecular weight is 493 g/mol. The predicted molar refractivity (Wildman–Crippen MR) is 138 cm³/mol. The molecule has 5 rings (SSSR count). The number of rotatable bonds is 6. The standard InChI is InChI=1S/C16H26O2.C12H22O2.C2H4O/c1-9(17)18-8-14-6-13-5-12(14)7-15-10-2-3-11(4-10)16(13)15;1-5-10-6-9(4)11(7-10)14-12(13)8(2)3;1-2-3/h9-17H,2-8H2,1H3;8-11H,5-7H2,1-4H3;2H,1H3. The Balaban J connectivity index is 0.000000182. The van der Waals surface area contributed by atoms with Gasteiger partial charge in [-0.1, -0.05) is 34.1 Å². The van der Waals surface area contributed by atoms with Crippen molar-refractivity contribution in [2.75, 3.05) is 6.61 Å². The van der Waals surface area contributed by atoms with Crippen LogP contribution in [0.25, 0.3) is 0 Å². The molecule has 11 atom stereocenters. The quantitative estimate of drug-likeness (QED) is 0.269. The van der Waals surface area contributed by atoms with Crippen LogP contribution in [0.4, 0.5) is 0 Å². The third-order valence-corrected chi connectivity index (χ3v) is 9.93. The first-order valence-corrected chi connectivity index (χ1v) is 14.6. The summed E-state index contributed by atoms with van der Waals surface area (Å²) in [5.41, 5.74) is 0. The fourth-order valence-corrected chi connectivity index (χ4v) is 8.33. The zero-order valence-electron chi connectivity index (χ0n) is 23.2. The van der Waals surface area contributed by atoms with Gasteiger partial charge in [0.15, 0.2) is 6.29 Å². The molecule has 1 N–H and O–H groups in total. The van der Waals surface area contributed by atoms with Crippen molar-refractivity contribution in [1.82, 2.24) is 0 Å². The molecule has 0 saturated heterocycles. The van der Waals surface area contributed by atoms with Gasteiger partial charge in [0, 0.05) is 0 Å². The van der Waals surface area contributed by atoms with Crippen molar-refractivity contribution in [2.45, 2.75) is 112 Å². The zero-order valence-corrected chi connectivity index (χ0v) is 23.2. The van der Waals surface area contributed by atoms with Gasteiger partial charge in [-0.15, -0.1) is 0 Å². The van der Waals surface area contributed by atoms with E-state index in [1.165, 1.54) is 51.9 Å². The summed E-state index contributed by atoms with van der Waals surface area (Å²) in [5, 5.41) is 9.29. The summed E-state index contributed by atoms with van der Waals surface area (Å²) in [6, 6.07) is 0. The Morgan fingerprint density at radius 2 is 1.63 bits per heavy atom. The van der Waals surface area contributed by atoms with Gasteiger partial charge < -0.3 is 19.4 Å². The van der Waals surface area contributed by atoms with E-state index in [-0.39, 0.29) is 18.0 Å². The first-order valence-electron chi connectivity index (χ1n) is 14.6. The summed E-state index contributed by atoms with van der Waals surface area (Å²) in [4.78, 5) is 20.2. The van der Waals surface area contributed by atoms with E-state index in [0.29, 0.717) is 5.92 Å². The van der Waals surface area contributed by atoms with Gasteiger partial charge in [-0.05, 0) is 118 Å². The largest absolute Gasteiger partial charge is 0.462 e. The highest BCUT2D eigenvalue weighted by atomic mass is 16.6. The van der Waals surface area contributed by atoms with Gasteiger partial charge in [0.05, 0.1) is 12.5 Å². The summed E-state index contributed by atoms with van der Waals surface area (Å²) in [6.45, 7) is 12.2. The Hall–Kier alpha value is -0.940. The third-order valence-electron chi connectivity index (χ3n) is 9.93. The molecule has 5 saturated carbocycles. The molecule has 5 fully saturated rings. The first-order chi connectivity index (χ1) is 16.7. The lowest BCUT2D eigenvalue weighted by atomic mass is 9.65. The van der Waals surface area contributed by atoms with Crippen molar-refractivity contribution in [1.29, 1.82) is 0 Å². The second-order valence-corrected chi connectivity index (χ2v) is 12.6. The molecule has 11 unspecified atom stereocenters. The van der Waals surface area contributed by atoms with Crippen LogP contribution in [0.1, 0.15) is 99.3 Å². The van der Waals surface area contributed by atoms with Crippen molar-refractivity contribution in [3.05, 3.63) is 0 Å². The molecule has 0 aliphatic heterocycles. The second-order valence-electron chi connectivity index (χ2n) is 12.6. The fourth-order valence-electron chi connectivity index (χ4n) is 8.33. The number of hydrogen-bond acceptors (Lipinski definition) is 5.